The number of carbonyl (C=O) groups is 2. The van der Waals surface area contributed by atoms with E-state index in [0.29, 0.717) is 0 Å². The summed E-state index contributed by atoms with van der Waals surface area (Å²) in [6, 6.07) is 0. The van der Waals surface area contributed by atoms with Gasteiger partial charge in [-0.1, -0.05) is 20.8 Å². The molecule has 0 heterocycles. The van der Waals surface area contributed by atoms with Gasteiger partial charge in [0.05, 0.1) is 13.0 Å². The highest BCUT2D eigenvalue weighted by atomic mass is 28.4. The van der Waals surface area contributed by atoms with E-state index in [-0.39, 0.29) is 29.6 Å². The molecule has 0 aliphatic carbocycles. The Kier molecular flexibility index (Phi) is 4.87. The van der Waals surface area contributed by atoms with Crippen molar-refractivity contribution in [3.8, 4) is 0 Å². The van der Waals surface area contributed by atoms with Crippen molar-refractivity contribution in [3.63, 3.8) is 0 Å². The predicted octanol–water partition coefficient (Wildman–Crippen LogP) is 2.56. The number of hydrogen-bond acceptors (Lipinski definition) is 3. The molecule has 15 heavy (non-hydrogen) atoms. The van der Waals surface area contributed by atoms with E-state index in [1.165, 1.54) is 6.92 Å². The summed E-state index contributed by atoms with van der Waals surface area (Å²) in [5.74, 6) is -0.217. The molecule has 0 aliphatic rings. The van der Waals surface area contributed by atoms with Crippen molar-refractivity contribution in [3.05, 3.63) is 0 Å². The third-order valence-corrected chi connectivity index (χ3v) is 7.32. The van der Waals surface area contributed by atoms with Gasteiger partial charge in [-0.05, 0) is 25.1 Å². The minimum Gasteiger partial charge on any atom is -0.410 e. The fourth-order valence-corrected chi connectivity index (χ4v) is 1.76. The molecule has 0 rings (SSSR count). The van der Waals surface area contributed by atoms with Gasteiger partial charge in [0, 0.05) is 0 Å². The summed E-state index contributed by atoms with van der Waals surface area (Å²) in [6.45, 7) is 12.0. The average Bonchev–Trinajstić information content (AvgIpc) is 1.97. The third-order valence-electron chi connectivity index (χ3n) is 2.85. The van der Waals surface area contributed by atoms with Gasteiger partial charge in [-0.25, -0.2) is 0 Å². The van der Waals surface area contributed by atoms with Crippen molar-refractivity contribution >= 4 is 19.9 Å². The van der Waals surface area contributed by atoms with E-state index >= 15 is 0 Å². The molecule has 0 N–H and O–H groups in total. The molecule has 0 aromatic rings. The van der Waals surface area contributed by atoms with Crippen LogP contribution in [0.2, 0.25) is 18.1 Å². The molecule has 0 unspecified atom stereocenters. The molecule has 0 aromatic heterocycles. The van der Waals surface area contributed by atoms with Crippen molar-refractivity contribution in [2.45, 2.75) is 52.2 Å². The molecular weight excluding hydrogens is 208 g/mol. The molecule has 0 radical (unpaired) electrons. The molecule has 88 valence electrons. The van der Waals surface area contributed by atoms with Gasteiger partial charge >= 0.3 is 0 Å². The highest BCUT2D eigenvalue weighted by Gasteiger charge is 2.37. The Hall–Kier alpha value is -0.483. The zero-order chi connectivity index (χ0) is 12.3. The topological polar surface area (TPSA) is 43.4 Å². The van der Waals surface area contributed by atoms with Crippen molar-refractivity contribution in [2.24, 2.45) is 0 Å². The molecule has 0 saturated carbocycles. The molecule has 0 amide bonds. The lowest BCUT2D eigenvalue weighted by Gasteiger charge is -2.35. The summed E-state index contributed by atoms with van der Waals surface area (Å²) in [7, 11) is -1.85. The Labute approximate surface area is 93.3 Å². The molecule has 0 aromatic carbocycles. The minimum atomic E-state index is -1.85. The number of hydrogen-bond donors (Lipinski definition) is 0. The maximum absolute atomic E-state index is 11.3. The van der Waals surface area contributed by atoms with Crippen LogP contribution in [-0.4, -0.2) is 26.5 Å². The number of Topliss-reactive ketones (excluding diaryl/α,β-unsaturated/α-hetero) is 2. The molecule has 0 aliphatic heterocycles. The first-order chi connectivity index (χ1) is 6.56. The summed E-state index contributed by atoms with van der Waals surface area (Å²) >= 11 is 0. The van der Waals surface area contributed by atoms with E-state index in [4.69, 9.17) is 4.43 Å². The smallest absolute Gasteiger partial charge is 0.192 e. The molecule has 4 heteroatoms. The van der Waals surface area contributed by atoms with E-state index in [1.807, 2.05) is 0 Å². The van der Waals surface area contributed by atoms with Crippen molar-refractivity contribution in [1.29, 1.82) is 0 Å². The Bertz CT molecular complexity index is 251. The highest BCUT2D eigenvalue weighted by Crippen LogP contribution is 2.36. The van der Waals surface area contributed by atoms with Crippen molar-refractivity contribution in [2.75, 3.05) is 6.61 Å². The Balaban J connectivity index is 4.16. The first-order valence-electron chi connectivity index (χ1n) is 5.21. The van der Waals surface area contributed by atoms with Crippen LogP contribution in [0.3, 0.4) is 0 Å². The summed E-state index contributed by atoms with van der Waals surface area (Å²) in [6.07, 6.45) is -0.00533. The number of ketones is 2. The highest BCUT2D eigenvalue weighted by molar-refractivity contribution is 6.74. The van der Waals surface area contributed by atoms with Gasteiger partial charge in [0.1, 0.15) is 5.78 Å². The second-order valence-electron chi connectivity index (χ2n) is 5.47. The van der Waals surface area contributed by atoms with E-state index in [9.17, 15) is 9.59 Å². The van der Waals surface area contributed by atoms with Gasteiger partial charge in [0.25, 0.3) is 0 Å². The average molecular weight is 230 g/mol. The van der Waals surface area contributed by atoms with Crippen molar-refractivity contribution in [1.82, 2.24) is 0 Å². The lowest BCUT2D eigenvalue weighted by atomic mass is 10.2. The fourth-order valence-electron chi connectivity index (χ4n) is 0.806. The van der Waals surface area contributed by atoms with Gasteiger partial charge in [-0.3, -0.25) is 9.59 Å². The van der Waals surface area contributed by atoms with Crippen LogP contribution in [0.25, 0.3) is 0 Å². The molecular formula is C11H22O3Si. The van der Waals surface area contributed by atoms with Crippen molar-refractivity contribution < 1.29 is 14.0 Å². The second kappa shape index (κ2) is 5.03. The lowest BCUT2D eigenvalue weighted by Crippen LogP contribution is -2.42. The first-order valence-corrected chi connectivity index (χ1v) is 8.12. The summed E-state index contributed by atoms with van der Waals surface area (Å²) in [4.78, 5) is 22.0. The standard InChI is InChI=1S/C11H22O3Si/c1-9(12)7-10(13)8-14-15(5,6)11(2,3)4/h7-8H2,1-6H3. The largest absolute Gasteiger partial charge is 0.410 e. The molecule has 0 bridgehead atoms. The monoisotopic (exact) mass is 230 g/mol. The van der Waals surface area contributed by atoms with Crippen LogP contribution in [0.5, 0.6) is 0 Å². The van der Waals surface area contributed by atoms with Gasteiger partial charge in [-0.15, -0.1) is 0 Å². The van der Waals surface area contributed by atoms with Gasteiger partial charge in [-0.2, -0.15) is 0 Å². The number of rotatable bonds is 5. The molecule has 0 saturated heterocycles. The van der Waals surface area contributed by atoms with Crippen LogP contribution in [0, 0.1) is 0 Å². The van der Waals surface area contributed by atoms with Crippen LogP contribution in [0.15, 0.2) is 0 Å². The number of carbonyl (C=O) groups excluding carboxylic acids is 2. The SMILES string of the molecule is CC(=O)CC(=O)CO[Si](C)(C)C(C)(C)C. The maximum atomic E-state index is 11.3. The minimum absolute atomic E-state index is 0.00533. The van der Waals surface area contributed by atoms with Crippen LogP contribution in [0.4, 0.5) is 0 Å². The molecule has 0 fully saturated rings. The van der Waals surface area contributed by atoms with Crippen LogP contribution in [0.1, 0.15) is 34.1 Å². The first kappa shape index (κ1) is 14.5. The molecule has 0 atom stereocenters. The Morgan fingerprint density at radius 1 is 1.20 bits per heavy atom. The molecule has 3 nitrogen and oxygen atoms in total. The normalized spacial score (nSPS) is 12.7. The fraction of sp³-hybridized carbons (Fsp3) is 0.818. The van der Waals surface area contributed by atoms with E-state index in [2.05, 4.69) is 33.9 Å². The van der Waals surface area contributed by atoms with E-state index in [0.717, 1.165) is 0 Å². The van der Waals surface area contributed by atoms with Crippen LogP contribution >= 0.6 is 0 Å². The van der Waals surface area contributed by atoms with Gasteiger partial charge in [0.15, 0.2) is 14.1 Å². The van der Waals surface area contributed by atoms with Crippen LogP contribution < -0.4 is 0 Å². The quantitative estimate of drug-likeness (QED) is 0.538. The summed E-state index contributed by atoms with van der Waals surface area (Å²) < 4.78 is 5.69. The summed E-state index contributed by atoms with van der Waals surface area (Å²) in [5, 5.41) is 0.101. The Morgan fingerprint density at radius 3 is 2.00 bits per heavy atom. The molecule has 0 spiro atoms. The second-order valence-corrected chi connectivity index (χ2v) is 10.3. The summed E-state index contributed by atoms with van der Waals surface area (Å²) in [5.41, 5.74) is 0. The van der Waals surface area contributed by atoms with Gasteiger partial charge in [0.2, 0.25) is 0 Å². The van der Waals surface area contributed by atoms with Gasteiger partial charge < -0.3 is 4.43 Å². The maximum Gasteiger partial charge on any atom is 0.192 e. The van der Waals surface area contributed by atoms with E-state index in [1.54, 1.807) is 0 Å². The third kappa shape index (κ3) is 5.23. The predicted molar refractivity (Wildman–Crippen MR) is 63.5 cm³/mol. The van der Waals surface area contributed by atoms with E-state index < -0.39 is 8.32 Å². The van der Waals surface area contributed by atoms with Crippen LogP contribution in [-0.2, 0) is 14.0 Å². The zero-order valence-electron chi connectivity index (χ0n) is 10.6. The lowest BCUT2D eigenvalue weighted by molar-refractivity contribution is -0.127. The Morgan fingerprint density at radius 2 is 1.67 bits per heavy atom. The zero-order valence-corrected chi connectivity index (χ0v) is 11.6.